The standard InChI is InChI=1S/C7H4ClF2NO3/c8-5(13)3-2(6(9)10)1-11-7(14)4(3)12/h1,6,12H,(H,11,14). The molecule has 2 N–H and O–H groups in total. The number of aromatic hydroxyl groups is 1. The van der Waals surface area contributed by atoms with Gasteiger partial charge in [-0.1, -0.05) is 0 Å². The molecule has 1 heterocycles. The molecule has 0 aliphatic heterocycles. The number of carbonyl (C=O) groups is 1. The Labute approximate surface area is 81.1 Å². The van der Waals surface area contributed by atoms with Crippen LogP contribution in [0.25, 0.3) is 0 Å². The summed E-state index contributed by atoms with van der Waals surface area (Å²) in [7, 11) is 0. The van der Waals surface area contributed by atoms with E-state index in [2.05, 4.69) is 0 Å². The number of aromatic nitrogens is 1. The van der Waals surface area contributed by atoms with E-state index in [0.29, 0.717) is 6.20 Å². The highest BCUT2D eigenvalue weighted by Crippen LogP contribution is 2.27. The maximum Gasteiger partial charge on any atom is 0.290 e. The Morgan fingerprint density at radius 3 is 2.57 bits per heavy atom. The van der Waals surface area contributed by atoms with Crippen LogP contribution in [0.3, 0.4) is 0 Å². The third-order valence-electron chi connectivity index (χ3n) is 1.53. The predicted octanol–water partition coefficient (Wildman–Crippen LogP) is 1.40. The van der Waals surface area contributed by atoms with Gasteiger partial charge < -0.3 is 10.1 Å². The molecule has 0 radical (unpaired) electrons. The van der Waals surface area contributed by atoms with E-state index in [1.165, 1.54) is 0 Å². The van der Waals surface area contributed by atoms with Crippen molar-refractivity contribution in [3.63, 3.8) is 0 Å². The molecule has 4 nitrogen and oxygen atoms in total. The second-order valence-electron chi connectivity index (χ2n) is 2.37. The number of H-pyrrole nitrogens is 1. The summed E-state index contributed by atoms with van der Waals surface area (Å²) in [5.74, 6) is -1.09. The van der Waals surface area contributed by atoms with E-state index in [-0.39, 0.29) is 0 Å². The van der Waals surface area contributed by atoms with Gasteiger partial charge in [0.2, 0.25) is 0 Å². The molecule has 0 atom stereocenters. The van der Waals surface area contributed by atoms with Gasteiger partial charge in [0, 0.05) is 11.8 Å². The number of nitrogens with one attached hydrogen (secondary N) is 1. The quantitative estimate of drug-likeness (QED) is 0.745. The zero-order valence-electron chi connectivity index (χ0n) is 6.55. The molecule has 1 aromatic heterocycles. The van der Waals surface area contributed by atoms with Gasteiger partial charge in [-0.25, -0.2) is 8.78 Å². The van der Waals surface area contributed by atoms with Gasteiger partial charge in [-0.05, 0) is 11.6 Å². The van der Waals surface area contributed by atoms with Crippen molar-refractivity contribution in [3.8, 4) is 5.75 Å². The molecule has 0 bridgehead atoms. The van der Waals surface area contributed by atoms with Crippen molar-refractivity contribution in [1.82, 2.24) is 4.98 Å². The van der Waals surface area contributed by atoms with E-state index < -0.39 is 34.1 Å². The molecule has 14 heavy (non-hydrogen) atoms. The summed E-state index contributed by atoms with van der Waals surface area (Å²) in [4.78, 5) is 23.3. The van der Waals surface area contributed by atoms with E-state index in [9.17, 15) is 18.4 Å². The number of alkyl halides is 2. The lowest BCUT2D eigenvalue weighted by Gasteiger charge is -2.05. The van der Waals surface area contributed by atoms with Gasteiger partial charge >= 0.3 is 0 Å². The fraction of sp³-hybridized carbons (Fsp3) is 0.143. The lowest BCUT2D eigenvalue weighted by molar-refractivity contribution is 0.106. The highest BCUT2D eigenvalue weighted by molar-refractivity contribution is 6.68. The first-order valence-electron chi connectivity index (χ1n) is 3.37. The van der Waals surface area contributed by atoms with Gasteiger partial charge in [-0.15, -0.1) is 0 Å². The zero-order valence-corrected chi connectivity index (χ0v) is 7.31. The second kappa shape index (κ2) is 3.75. The second-order valence-corrected chi connectivity index (χ2v) is 2.71. The number of aromatic amines is 1. The van der Waals surface area contributed by atoms with Crippen LogP contribution in [0, 0.1) is 0 Å². The Balaban J connectivity index is 3.54. The van der Waals surface area contributed by atoms with Gasteiger partial charge in [0.25, 0.3) is 17.2 Å². The average Bonchev–Trinajstić information content (AvgIpc) is 2.08. The summed E-state index contributed by atoms with van der Waals surface area (Å²) in [6.07, 6.45) is -2.36. The van der Waals surface area contributed by atoms with Crippen molar-refractivity contribution < 1.29 is 18.7 Å². The smallest absolute Gasteiger partial charge is 0.290 e. The van der Waals surface area contributed by atoms with Crippen LogP contribution in [0.5, 0.6) is 5.75 Å². The maximum absolute atomic E-state index is 12.3. The van der Waals surface area contributed by atoms with Crippen LogP contribution in [0.4, 0.5) is 8.78 Å². The minimum absolute atomic E-state index is 0.641. The van der Waals surface area contributed by atoms with Gasteiger partial charge in [-0.3, -0.25) is 9.59 Å². The van der Waals surface area contributed by atoms with Gasteiger partial charge in [-0.2, -0.15) is 0 Å². The molecule has 0 saturated carbocycles. The number of carbonyl (C=O) groups excluding carboxylic acids is 1. The topological polar surface area (TPSA) is 70.2 Å². The lowest BCUT2D eigenvalue weighted by atomic mass is 10.1. The van der Waals surface area contributed by atoms with Gasteiger partial charge in [0.05, 0.1) is 5.56 Å². The number of halogens is 3. The monoisotopic (exact) mass is 223 g/mol. The molecule has 76 valence electrons. The maximum atomic E-state index is 12.3. The number of rotatable bonds is 2. The summed E-state index contributed by atoms with van der Waals surface area (Å²) >= 11 is 4.94. The first-order chi connectivity index (χ1) is 6.45. The molecule has 0 amide bonds. The van der Waals surface area contributed by atoms with Gasteiger partial charge in [0.1, 0.15) is 0 Å². The van der Waals surface area contributed by atoms with E-state index in [1.54, 1.807) is 0 Å². The molecule has 0 aliphatic rings. The Morgan fingerprint density at radius 1 is 1.57 bits per heavy atom. The Morgan fingerprint density at radius 2 is 2.14 bits per heavy atom. The van der Waals surface area contributed by atoms with Crippen LogP contribution in [0.15, 0.2) is 11.0 Å². The Bertz CT molecular complexity index is 429. The molecule has 0 saturated heterocycles. The third-order valence-corrected chi connectivity index (χ3v) is 1.72. The zero-order chi connectivity index (χ0) is 10.9. The van der Waals surface area contributed by atoms with Crippen LogP contribution in [0.2, 0.25) is 0 Å². The highest BCUT2D eigenvalue weighted by atomic mass is 35.5. The molecule has 0 aromatic carbocycles. The third kappa shape index (κ3) is 1.74. The predicted molar refractivity (Wildman–Crippen MR) is 43.9 cm³/mol. The van der Waals surface area contributed by atoms with Crippen LogP contribution in [-0.2, 0) is 0 Å². The number of hydrogen-bond donors (Lipinski definition) is 2. The van der Waals surface area contributed by atoms with E-state index in [0.717, 1.165) is 0 Å². The summed E-state index contributed by atoms with van der Waals surface area (Å²) in [6, 6.07) is 0. The van der Waals surface area contributed by atoms with Crippen molar-refractivity contribution in [3.05, 3.63) is 27.7 Å². The summed E-state index contributed by atoms with van der Waals surface area (Å²) in [5.41, 5.74) is -2.70. The number of hydrogen-bond acceptors (Lipinski definition) is 3. The normalized spacial score (nSPS) is 10.6. The van der Waals surface area contributed by atoms with Crippen LogP contribution >= 0.6 is 11.6 Å². The average molecular weight is 224 g/mol. The number of pyridine rings is 1. The van der Waals surface area contributed by atoms with E-state index >= 15 is 0 Å². The largest absolute Gasteiger partial charge is 0.502 e. The Kier molecular flexibility index (Phi) is 2.85. The van der Waals surface area contributed by atoms with E-state index in [4.69, 9.17) is 16.7 Å². The first kappa shape index (κ1) is 10.6. The van der Waals surface area contributed by atoms with Gasteiger partial charge in [0.15, 0.2) is 5.75 Å². The van der Waals surface area contributed by atoms with Crippen LogP contribution in [0.1, 0.15) is 22.3 Å². The van der Waals surface area contributed by atoms with E-state index in [1.807, 2.05) is 4.98 Å². The fourth-order valence-corrected chi connectivity index (χ4v) is 1.11. The van der Waals surface area contributed by atoms with Crippen LogP contribution in [-0.4, -0.2) is 15.3 Å². The van der Waals surface area contributed by atoms with Crippen molar-refractivity contribution >= 4 is 16.8 Å². The molecular weight excluding hydrogens is 220 g/mol. The first-order valence-corrected chi connectivity index (χ1v) is 3.75. The summed E-state index contributed by atoms with van der Waals surface area (Å²) < 4.78 is 24.5. The van der Waals surface area contributed by atoms with Crippen molar-refractivity contribution in [2.24, 2.45) is 0 Å². The Hall–Kier alpha value is -1.43. The molecule has 0 unspecified atom stereocenters. The minimum atomic E-state index is -3.00. The van der Waals surface area contributed by atoms with Crippen molar-refractivity contribution in [2.45, 2.75) is 6.43 Å². The molecule has 1 aromatic rings. The lowest BCUT2D eigenvalue weighted by Crippen LogP contribution is -2.12. The molecule has 7 heteroatoms. The SMILES string of the molecule is O=C(Cl)c1c(C(F)F)c[nH]c(=O)c1O. The molecule has 0 spiro atoms. The summed E-state index contributed by atoms with van der Waals surface area (Å²) in [5, 5.41) is 7.71. The van der Waals surface area contributed by atoms with Crippen molar-refractivity contribution in [2.75, 3.05) is 0 Å². The van der Waals surface area contributed by atoms with Crippen molar-refractivity contribution in [1.29, 1.82) is 0 Å². The fourth-order valence-electron chi connectivity index (χ4n) is 0.913. The minimum Gasteiger partial charge on any atom is -0.502 e. The van der Waals surface area contributed by atoms with Crippen LogP contribution < -0.4 is 5.56 Å². The molecule has 0 fully saturated rings. The summed E-state index contributed by atoms with van der Waals surface area (Å²) in [6.45, 7) is 0. The molecule has 0 aliphatic carbocycles. The highest BCUT2D eigenvalue weighted by Gasteiger charge is 2.22. The molecule has 1 rings (SSSR count). The molecular formula is C7H4ClF2NO3.